The molecular weight excluding hydrogens is 921 g/mol. The monoisotopic (exact) mass is 926 g/mol. The van der Waals surface area contributed by atoms with Crippen molar-refractivity contribution in [2.24, 2.45) is 0 Å². The van der Waals surface area contributed by atoms with Crippen LogP contribution in [0.1, 0.15) is 11.1 Å². The maximum atomic E-state index is 15.5. The molecule has 0 aliphatic rings. The van der Waals surface area contributed by atoms with E-state index in [4.69, 9.17) is 3.71 Å². The molecule has 0 saturated heterocycles. The molecule has 0 aromatic heterocycles. The van der Waals surface area contributed by atoms with Crippen molar-refractivity contribution in [3.8, 4) is 0 Å². The zero-order chi connectivity index (χ0) is 46.2. The van der Waals surface area contributed by atoms with Gasteiger partial charge in [-0.2, -0.15) is 0 Å². The van der Waals surface area contributed by atoms with Crippen LogP contribution in [0.5, 0.6) is 0 Å². The minimum Gasteiger partial charge on any atom is -0.538 e. The first-order valence-electron chi connectivity index (χ1n) is 15.4. The highest BCUT2D eigenvalue weighted by atomic mass is 27.2. The minimum absolute atomic E-state index is 0.259. The van der Waals surface area contributed by atoms with Gasteiger partial charge in [0.1, 0.15) is 0 Å². The summed E-state index contributed by atoms with van der Waals surface area (Å²) in [6, 6.07) is 0. The van der Waals surface area contributed by atoms with E-state index in [1.807, 2.05) is 0 Å². The molecule has 0 amide bonds. The molecule has 61 heavy (non-hydrogen) atoms. The summed E-state index contributed by atoms with van der Waals surface area (Å²) in [6.07, 6.45) is -2.57. The van der Waals surface area contributed by atoms with E-state index < -0.39 is 207 Å². The largest absolute Gasteiger partial charge is 0.693 e. The SMILES string of the molecule is Cc1c(F)c(F)c(B(Cc2c(F)c(F)c(F)c(F)c2F)[O][Al]([O]B(c2c(F)c(F)c(F)c(F)c2F)c2c(F)c(F)c(F)c(F)c2F)[c]2c(F)c(F)c(F)c(F)c2F)c(F)c1F. The summed E-state index contributed by atoms with van der Waals surface area (Å²) in [5.41, 5.74) is -12.6. The van der Waals surface area contributed by atoms with Crippen LogP contribution in [0.4, 0.5) is 105 Å². The quantitative estimate of drug-likeness (QED) is 0.0625. The van der Waals surface area contributed by atoms with Crippen molar-refractivity contribution in [1.82, 2.24) is 0 Å². The Morgan fingerprint density at radius 3 is 0.902 bits per heavy atom. The van der Waals surface area contributed by atoms with Gasteiger partial charge in [0.2, 0.25) is 5.82 Å². The molecule has 29 heteroatoms. The number of hydrogen-bond acceptors (Lipinski definition) is 2. The first kappa shape index (κ1) is 47.1. The molecule has 0 atom stereocenters. The summed E-state index contributed by atoms with van der Waals surface area (Å²) < 4.78 is 361. The molecule has 2 nitrogen and oxygen atoms in total. The average molecular weight is 926 g/mol. The van der Waals surface area contributed by atoms with Crippen molar-refractivity contribution in [2.45, 2.75) is 13.2 Å². The molecule has 0 unspecified atom stereocenters. The summed E-state index contributed by atoms with van der Waals surface area (Å²) in [5.74, 6) is -75.1. The zero-order valence-electron chi connectivity index (χ0n) is 28.3. The number of rotatable bonds is 10. The van der Waals surface area contributed by atoms with Crippen LogP contribution in [0, 0.1) is 147 Å². The number of benzene rings is 5. The van der Waals surface area contributed by atoms with Gasteiger partial charge >= 0.3 is 28.6 Å². The van der Waals surface area contributed by atoms with Crippen LogP contribution in [-0.4, -0.2) is 28.6 Å². The highest BCUT2D eigenvalue weighted by molar-refractivity contribution is 6.88. The van der Waals surface area contributed by atoms with Crippen molar-refractivity contribution in [2.75, 3.05) is 0 Å². The van der Waals surface area contributed by atoms with Gasteiger partial charge in [-0.05, 0) is 13.2 Å². The lowest BCUT2D eigenvalue weighted by atomic mass is 9.54. The molecule has 0 spiro atoms. The maximum Gasteiger partial charge on any atom is 0.693 e. The Hall–Kier alpha value is -5.00. The fourth-order valence-corrected chi connectivity index (χ4v) is 7.58. The summed E-state index contributed by atoms with van der Waals surface area (Å²) in [5, 5.41) is 0. The van der Waals surface area contributed by atoms with E-state index in [2.05, 4.69) is 3.71 Å². The van der Waals surface area contributed by atoms with E-state index in [-0.39, 0.29) is 6.92 Å². The van der Waals surface area contributed by atoms with Crippen molar-refractivity contribution in [3.63, 3.8) is 0 Å². The van der Waals surface area contributed by atoms with Gasteiger partial charge in [0, 0.05) is 31.9 Å². The lowest BCUT2D eigenvalue weighted by Crippen LogP contribution is -2.60. The predicted molar refractivity (Wildman–Crippen MR) is 158 cm³/mol. The van der Waals surface area contributed by atoms with Crippen LogP contribution in [0.15, 0.2) is 0 Å². The third-order valence-electron chi connectivity index (χ3n) is 8.57. The van der Waals surface area contributed by atoms with Crippen LogP contribution in [0.2, 0.25) is 0 Å². The van der Waals surface area contributed by atoms with E-state index in [0.29, 0.717) is 0 Å². The lowest BCUT2D eigenvalue weighted by molar-refractivity contribution is 0.369. The highest BCUT2D eigenvalue weighted by Gasteiger charge is 2.50. The molecule has 0 bridgehead atoms. The van der Waals surface area contributed by atoms with Gasteiger partial charge in [0.05, 0.1) is 0 Å². The molecule has 0 aliphatic heterocycles. The zero-order valence-corrected chi connectivity index (χ0v) is 29.5. The highest BCUT2D eigenvalue weighted by Crippen LogP contribution is 2.28. The molecular formula is C32H5AlB2F24O2. The lowest BCUT2D eigenvalue weighted by Gasteiger charge is -2.27. The Bertz CT molecular complexity index is 2470. The Morgan fingerprint density at radius 1 is 0.311 bits per heavy atom. The standard InChI is InChI=1S/C14H5BF9O.C12BF10O.C6F5.Al/c1-3-6(16)10(20)5(11(21)7(3)17)15(25)2-4-8(18)12(22)14(24)13(23)9(4)19;14-3-1(4(15)8(19)11(22)7(3)18)13(24)2-5(16)9(20)12(23)10(21)6(2)17;7-2-1-3(8)5(10)6(11)4(2)9;/h2H2,1H3;;;/q2*-1;;+2. The van der Waals surface area contributed by atoms with Crippen LogP contribution < -0.4 is 20.8 Å². The Kier molecular flexibility index (Phi) is 13.2. The fraction of sp³-hybridized carbons (Fsp3) is 0.0625. The van der Waals surface area contributed by atoms with E-state index in [1.54, 1.807) is 0 Å². The van der Waals surface area contributed by atoms with Crippen LogP contribution >= 0.6 is 0 Å². The number of halogens is 24. The molecule has 0 fully saturated rings. The van der Waals surface area contributed by atoms with Crippen LogP contribution in [-0.2, 0) is 13.7 Å². The summed E-state index contributed by atoms with van der Waals surface area (Å²) in [4.78, 5) is 0. The second-order valence-corrected chi connectivity index (χ2v) is 13.8. The molecule has 322 valence electrons. The maximum absolute atomic E-state index is 15.5. The van der Waals surface area contributed by atoms with Crippen molar-refractivity contribution < 1.29 is 113 Å². The van der Waals surface area contributed by atoms with E-state index in [9.17, 15) is 70.2 Å². The predicted octanol–water partition coefficient (Wildman–Crippen LogP) is 7.55. The molecule has 0 N–H and O–H groups in total. The van der Waals surface area contributed by atoms with Gasteiger partial charge in [-0.1, -0.05) is 0 Å². The summed E-state index contributed by atoms with van der Waals surface area (Å²) >= 11 is -6.66. The molecule has 5 rings (SSSR count). The van der Waals surface area contributed by atoms with Crippen molar-refractivity contribution in [1.29, 1.82) is 0 Å². The fourth-order valence-electron chi connectivity index (χ4n) is 5.53. The first-order valence-corrected chi connectivity index (χ1v) is 16.9. The topological polar surface area (TPSA) is 18.5 Å². The van der Waals surface area contributed by atoms with Crippen LogP contribution in [0.3, 0.4) is 0 Å². The van der Waals surface area contributed by atoms with Gasteiger partial charge in [-0.15, -0.1) is 0 Å². The van der Waals surface area contributed by atoms with Gasteiger partial charge < -0.3 is 7.41 Å². The Balaban J connectivity index is 1.97. The average Bonchev–Trinajstić information content (AvgIpc) is 3.23. The summed E-state index contributed by atoms with van der Waals surface area (Å²) in [6.45, 7) is -8.02. The molecule has 5 aromatic rings. The van der Waals surface area contributed by atoms with Crippen molar-refractivity contribution in [3.05, 3.63) is 151 Å². The molecule has 0 heterocycles. The molecule has 0 aliphatic carbocycles. The van der Waals surface area contributed by atoms with Crippen molar-refractivity contribution >= 4 is 49.5 Å². The first-order chi connectivity index (χ1) is 28.2. The van der Waals surface area contributed by atoms with Gasteiger partial charge in [-0.25, -0.2) is 105 Å². The van der Waals surface area contributed by atoms with Gasteiger partial charge in [0.15, 0.2) is 134 Å². The third-order valence-corrected chi connectivity index (χ3v) is 10.6. The second kappa shape index (κ2) is 17.0. The molecule has 0 saturated carbocycles. The number of hydrogen-bond donors (Lipinski definition) is 0. The minimum atomic E-state index is -6.66. The smallest absolute Gasteiger partial charge is 0.538 e. The summed E-state index contributed by atoms with van der Waals surface area (Å²) in [7, 11) is 0. The van der Waals surface area contributed by atoms with Gasteiger partial charge in [0.25, 0.3) is 0 Å². The Morgan fingerprint density at radius 2 is 0.574 bits per heavy atom. The molecule has 0 radical (unpaired) electrons. The molecule has 5 aromatic carbocycles. The normalized spacial score (nSPS) is 11.6. The van der Waals surface area contributed by atoms with E-state index in [0.717, 1.165) is 0 Å². The Labute approximate surface area is 326 Å². The van der Waals surface area contributed by atoms with Crippen LogP contribution in [0.25, 0.3) is 0 Å². The van der Waals surface area contributed by atoms with E-state index >= 15 is 35.1 Å². The third kappa shape index (κ3) is 7.56. The second-order valence-electron chi connectivity index (χ2n) is 12.0. The van der Waals surface area contributed by atoms with Gasteiger partial charge in [-0.3, -0.25) is 0 Å². The van der Waals surface area contributed by atoms with E-state index in [1.165, 1.54) is 0 Å².